The predicted octanol–water partition coefficient (Wildman–Crippen LogP) is 5.53. The second-order valence-corrected chi connectivity index (χ2v) is 6.99. The van der Waals surface area contributed by atoms with Gasteiger partial charge in [-0.25, -0.2) is 4.39 Å². The third-order valence-corrected chi connectivity index (χ3v) is 4.98. The minimum Gasteiger partial charge on any atom is -0.253 e. The van der Waals surface area contributed by atoms with Crippen molar-refractivity contribution in [3.63, 3.8) is 0 Å². The van der Waals surface area contributed by atoms with Gasteiger partial charge in [0.2, 0.25) is 0 Å². The number of fused-ring (bicyclic) bond motifs is 2. The van der Waals surface area contributed by atoms with Crippen molar-refractivity contribution in [3.05, 3.63) is 28.0 Å². The molecule has 1 saturated carbocycles. The van der Waals surface area contributed by atoms with Crippen LogP contribution in [0.3, 0.4) is 0 Å². The molecule has 19 heavy (non-hydrogen) atoms. The molecule has 1 aromatic carbocycles. The molecule has 0 atom stereocenters. The average molecular weight is 324 g/mol. The molecule has 0 saturated heterocycles. The molecule has 0 radical (unpaired) electrons. The number of benzene rings is 1. The second kappa shape index (κ2) is 4.69. The zero-order valence-electron chi connectivity index (χ0n) is 11.5. The molecule has 1 heterocycles. The molecule has 3 rings (SSSR count). The van der Waals surface area contributed by atoms with Crippen molar-refractivity contribution in [2.75, 3.05) is 0 Å². The highest BCUT2D eigenvalue weighted by Gasteiger charge is 2.45. The van der Waals surface area contributed by atoms with E-state index in [0.717, 1.165) is 22.9 Å². The summed E-state index contributed by atoms with van der Waals surface area (Å²) in [4.78, 5) is 4.69. The van der Waals surface area contributed by atoms with E-state index in [9.17, 15) is 4.39 Å². The van der Waals surface area contributed by atoms with Crippen molar-refractivity contribution < 1.29 is 4.39 Å². The van der Waals surface area contributed by atoms with Crippen LogP contribution in [0.5, 0.6) is 0 Å². The van der Waals surface area contributed by atoms with Crippen LogP contribution in [0.2, 0.25) is 0 Å². The van der Waals surface area contributed by atoms with Crippen LogP contribution in [-0.2, 0) is 5.41 Å². The number of rotatable bonds is 1. The van der Waals surface area contributed by atoms with Gasteiger partial charge >= 0.3 is 0 Å². The van der Waals surface area contributed by atoms with Crippen molar-refractivity contribution in [1.82, 2.24) is 0 Å². The van der Waals surface area contributed by atoms with Gasteiger partial charge in [0, 0.05) is 15.6 Å². The third-order valence-electron chi connectivity index (χ3n) is 4.52. The van der Waals surface area contributed by atoms with Crippen molar-refractivity contribution in [2.24, 2.45) is 10.9 Å². The van der Waals surface area contributed by atoms with Gasteiger partial charge in [0.05, 0.1) is 0 Å². The molecule has 0 amide bonds. The molecule has 3 heteroatoms. The third kappa shape index (κ3) is 1.97. The Morgan fingerprint density at radius 2 is 1.89 bits per heavy atom. The summed E-state index contributed by atoms with van der Waals surface area (Å²) in [6.07, 6.45) is 5.97. The fourth-order valence-corrected chi connectivity index (χ4v) is 4.20. The van der Waals surface area contributed by atoms with Crippen molar-refractivity contribution >= 4 is 27.3 Å². The van der Waals surface area contributed by atoms with E-state index >= 15 is 0 Å². The summed E-state index contributed by atoms with van der Waals surface area (Å²) in [7, 11) is 0. The van der Waals surface area contributed by atoms with Crippen LogP contribution in [0, 0.1) is 11.7 Å². The molecule has 1 aliphatic carbocycles. The lowest BCUT2D eigenvalue weighted by molar-refractivity contribution is 0.376. The number of nitrogens with zero attached hydrogens (tertiary/aromatic N) is 1. The van der Waals surface area contributed by atoms with Crippen LogP contribution in [0.15, 0.2) is 21.6 Å². The Labute approximate surface area is 122 Å². The van der Waals surface area contributed by atoms with Crippen LogP contribution in [0.1, 0.15) is 51.5 Å². The van der Waals surface area contributed by atoms with E-state index < -0.39 is 0 Å². The van der Waals surface area contributed by atoms with Gasteiger partial charge in [-0.1, -0.05) is 49.0 Å². The van der Waals surface area contributed by atoms with Gasteiger partial charge in [-0.15, -0.1) is 0 Å². The Morgan fingerprint density at radius 3 is 2.53 bits per heavy atom. The van der Waals surface area contributed by atoms with Gasteiger partial charge in [-0.05, 0) is 36.5 Å². The highest BCUT2D eigenvalue weighted by molar-refractivity contribution is 9.10. The van der Waals surface area contributed by atoms with Crippen LogP contribution in [-0.4, -0.2) is 5.71 Å². The lowest BCUT2D eigenvalue weighted by atomic mass is 9.65. The topological polar surface area (TPSA) is 12.4 Å². The Bertz CT molecular complexity index is 542. The second-order valence-electron chi connectivity index (χ2n) is 6.08. The molecule has 0 bridgehead atoms. The van der Waals surface area contributed by atoms with E-state index in [2.05, 4.69) is 40.8 Å². The summed E-state index contributed by atoms with van der Waals surface area (Å²) < 4.78 is 15.0. The zero-order valence-corrected chi connectivity index (χ0v) is 13.1. The molecule has 1 aliphatic heterocycles. The van der Waals surface area contributed by atoms with Gasteiger partial charge in [0.15, 0.2) is 0 Å². The van der Waals surface area contributed by atoms with Crippen LogP contribution < -0.4 is 0 Å². The summed E-state index contributed by atoms with van der Waals surface area (Å²) in [5.74, 6) is 0.189. The zero-order chi connectivity index (χ0) is 13.6. The van der Waals surface area contributed by atoms with Gasteiger partial charge in [0.1, 0.15) is 11.5 Å². The van der Waals surface area contributed by atoms with E-state index in [1.807, 2.05) is 0 Å². The van der Waals surface area contributed by atoms with E-state index in [-0.39, 0.29) is 11.2 Å². The highest BCUT2D eigenvalue weighted by atomic mass is 79.9. The van der Waals surface area contributed by atoms with E-state index in [0.29, 0.717) is 11.6 Å². The Balaban J connectivity index is 2.20. The van der Waals surface area contributed by atoms with Crippen LogP contribution >= 0.6 is 15.9 Å². The molecular weight excluding hydrogens is 305 g/mol. The number of hydrogen-bond acceptors (Lipinski definition) is 1. The minimum atomic E-state index is -0.190. The van der Waals surface area contributed by atoms with E-state index in [1.54, 1.807) is 0 Å². The highest BCUT2D eigenvalue weighted by Crippen LogP contribution is 2.52. The standard InChI is InChI=1S/C16H19BrFN/c1-10(2)15-16(6-4-3-5-7-16)12-8-11(17)9-13(18)14(12)19-15/h8-10H,3-7H2,1-2H3. The lowest BCUT2D eigenvalue weighted by Crippen LogP contribution is -2.38. The molecule has 1 spiro atoms. The number of aliphatic imine (C=N–C) groups is 1. The van der Waals surface area contributed by atoms with Crippen LogP contribution in [0.4, 0.5) is 10.1 Å². The smallest absolute Gasteiger partial charge is 0.150 e. The van der Waals surface area contributed by atoms with Crippen molar-refractivity contribution in [3.8, 4) is 0 Å². The fourth-order valence-electron chi connectivity index (χ4n) is 3.77. The maximum Gasteiger partial charge on any atom is 0.150 e. The van der Waals surface area contributed by atoms with Crippen molar-refractivity contribution in [1.29, 1.82) is 0 Å². The molecule has 1 nitrogen and oxygen atoms in total. The summed E-state index contributed by atoms with van der Waals surface area (Å²) in [5, 5.41) is 0. The molecule has 1 aromatic rings. The van der Waals surface area contributed by atoms with Crippen molar-refractivity contribution in [2.45, 2.75) is 51.4 Å². The summed E-state index contributed by atoms with van der Waals surface area (Å²) >= 11 is 3.43. The van der Waals surface area contributed by atoms with Gasteiger partial charge in [0.25, 0.3) is 0 Å². The number of halogens is 2. The Morgan fingerprint density at radius 1 is 1.21 bits per heavy atom. The SMILES string of the molecule is CC(C)C1=Nc2c(F)cc(Br)cc2C12CCCCC2. The Hall–Kier alpha value is -0.700. The minimum absolute atomic E-state index is 0.00632. The molecule has 102 valence electrons. The van der Waals surface area contributed by atoms with Gasteiger partial charge in [-0.2, -0.15) is 0 Å². The Kier molecular flexibility index (Phi) is 3.28. The number of hydrogen-bond donors (Lipinski definition) is 0. The quantitative estimate of drug-likeness (QED) is 0.644. The van der Waals surface area contributed by atoms with Crippen LogP contribution in [0.25, 0.3) is 0 Å². The first-order valence-electron chi connectivity index (χ1n) is 7.13. The average Bonchev–Trinajstić information content (AvgIpc) is 2.66. The molecular formula is C16H19BrFN. The maximum absolute atomic E-state index is 14.2. The van der Waals surface area contributed by atoms with Gasteiger partial charge < -0.3 is 0 Å². The normalized spacial score (nSPS) is 20.8. The largest absolute Gasteiger partial charge is 0.253 e. The first kappa shape index (κ1) is 13.3. The molecule has 0 aromatic heterocycles. The molecule has 0 N–H and O–H groups in total. The monoisotopic (exact) mass is 323 g/mol. The first-order chi connectivity index (χ1) is 9.04. The lowest BCUT2D eigenvalue weighted by Gasteiger charge is -2.37. The van der Waals surface area contributed by atoms with E-state index in [4.69, 9.17) is 0 Å². The summed E-state index contributed by atoms with van der Waals surface area (Å²) in [6, 6.07) is 3.62. The summed E-state index contributed by atoms with van der Waals surface area (Å²) in [5.41, 5.74) is 2.91. The predicted molar refractivity (Wildman–Crippen MR) is 80.8 cm³/mol. The molecule has 0 unspecified atom stereocenters. The molecule has 1 fully saturated rings. The fraction of sp³-hybridized carbons (Fsp3) is 0.562. The first-order valence-corrected chi connectivity index (χ1v) is 7.92. The maximum atomic E-state index is 14.2. The molecule has 2 aliphatic rings. The van der Waals surface area contributed by atoms with Gasteiger partial charge in [-0.3, -0.25) is 4.99 Å². The summed E-state index contributed by atoms with van der Waals surface area (Å²) in [6.45, 7) is 4.35. The van der Waals surface area contributed by atoms with E-state index in [1.165, 1.54) is 31.0 Å².